The number of para-hydroxylation sites is 1. The molecule has 0 radical (unpaired) electrons. The Morgan fingerprint density at radius 1 is 0.897 bits per heavy atom. The molecule has 0 unspecified atom stereocenters. The van der Waals surface area contributed by atoms with E-state index in [4.69, 9.17) is 10.1 Å². The zero-order valence-corrected chi connectivity index (χ0v) is 24.0. The Bertz CT molecular complexity index is 1970. The van der Waals surface area contributed by atoms with Gasteiger partial charge in [0.25, 0.3) is 5.56 Å². The number of hydrogen-bond acceptors (Lipinski definition) is 3. The fraction of sp³-hybridized carbons (Fsp3) is 0.182. The third kappa shape index (κ3) is 4.49. The molecule has 0 aliphatic heterocycles. The first-order valence-corrected chi connectivity index (χ1v) is 13.8. The Kier molecular flexibility index (Phi) is 6.23. The first-order valence-electron chi connectivity index (χ1n) is 13.0. The van der Waals surface area contributed by atoms with E-state index in [1.807, 2.05) is 51.3 Å². The molecule has 2 aromatic heterocycles. The zero-order chi connectivity index (χ0) is 27.3. The van der Waals surface area contributed by atoms with Crippen molar-refractivity contribution in [2.45, 2.75) is 39.7 Å². The van der Waals surface area contributed by atoms with E-state index < -0.39 is 0 Å². The molecule has 0 amide bonds. The highest BCUT2D eigenvalue weighted by molar-refractivity contribution is 9.10. The van der Waals surface area contributed by atoms with Crippen molar-refractivity contribution in [3.63, 3.8) is 0 Å². The predicted molar refractivity (Wildman–Crippen MR) is 165 cm³/mol. The van der Waals surface area contributed by atoms with Crippen LogP contribution < -0.4 is 5.56 Å². The number of benzene rings is 4. The summed E-state index contributed by atoms with van der Waals surface area (Å²) >= 11 is 3.49. The van der Waals surface area contributed by atoms with Crippen LogP contribution in [0.2, 0.25) is 0 Å². The van der Waals surface area contributed by atoms with Crippen LogP contribution >= 0.6 is 15.9 Å². The standard InChI is InChI=1S/C33H29BrN4O/c1-21-28(19-35-38-31(39)27-18-24(34)16-17-29(27)36-32(38)33(2,3)4)26-14-7-8-15-30(26)37(21)20-23-12-9-11-22-10-5-6-13-25(22)23/h5-19H,20H2,1-4H3. The number of rotatable bonds is 4. The Morgan fingerprint density at radius 2 is 1.62 bits per heavy atom. The van der Waals surface area contributed by atoms with Crippen molar-refractivity contribution in [3.05, 3.63) is 122 Å². The van der Waals surface area contributed by atoms with Gasteiger partial charge in [-0.3, -0.25) is 4.79 Å². The number of halogens is 1. The van der Waals surface area contributed by atoms with Gasteiger partial charge in [0.05, 0.1) is 17.1 Å². The van der Waals surface area contributed by atoms with Crippen molar-refractivity contribution in [1.29, 1.82) is 0 Å². The minimum absolute atomic E-state index is 0.181. The lowest BCUT2D eigenvalue weighted by molar-refractivity contribution is 0.506. The Balaban J connectivity index is 1.52. The maximum absolute atomic E-state index is 13.7. The maximum atomic E-state index is 13.7. The second kappa shape index (κ2) is 9.62. The third-order valence-corrected chi connectivity index (χ3v) is 7.76. The number of aromatic nitrogens is 3. The zero-order valence-electron chi connectivity index (χ0n) is 22.4. The van der Waals surface area contributed by atoms with E-state index in [1.54, 1.807) is 0 Å². The molecule has 39 heavy (non-hydrogen) atoms. The van der Waals surface area contributed by atoms with Gasteiger partial charge in [-0.05, 0) is 47.5 Å². The van der Waals surface area contributed by atoms with Crippen molar-refractivity contribution in [3.8, 4) is 0 Å². The average molecular weight is 578 g/mol. The van der Waals surface area contributed by atoms with E-state index in [0.717, 1.165) is 33.2 Å². The van der Waals surface area contributed by atoms with Crippen molar-refractivity contribution in [2.24, 2.45) is 5.10 Å². The highest BCUT2D eigenvalue weighted by atomic mass is 79.9. The summed E-state index contributed by atoms with van der Waals surface area (Å²) in [7, 11) is 0. The summed E-state index contributed by atoms with van der Waals surface area (Å²) in [6, 6.07) is 28.9. The molecule has 0 fully saturated rings. The van der Waals surface area contributed by atoms with Crippen LogP contribution in [0.25, 0.3) is 32.6 Å². The van der Waals surface area contributed by atoms with Crippen LogP contribution in [0, 0.1) is 6.92 Å². The van der Waals surface area contributed by atoms with Gasteiger partial charge in [0.1, 0.15) is 5.82 Å². The minimum atomic E-state index is -0.380. The van der Waals surface area contributed by atoms with E-state index >= 15 is 0 Å². The summed E-state index contributed by atoms with van der Waals surface area (Å²) in [5.41, 5.74) is 4.59. The molecule has 194 valence electrons. The molecule has 0 aliphatic carbocycles. The molecule has 5 nitrogen and oxygen atoms in total. The Morgan fingerprint density at radius 3 is 2.41 bits per heavy atom. The highest BCUT2D eigenvalue weighted by Gasteiger charge is 2.23. The highest BCUT2D eigenvalue weighted by Crippen LogP contribution is 2.28. The number of fused-ring (bicyclic) bond motifs is 3. The van der Waals surface area contributed by atoms with Crippen molar-refractivity contribution in [2.75, 3.05) is 0 Å². The molecule has 2 heterocycles. The average Bonchev–Trinajstić information content (AvgIpc) is 3.18. The van der Waals surface area contributed by atoms with Gasteiger partial charge in [0.15, 0.2) is 0 Å². The van der Waals surface area contributed by atoms with Crippen molar-refractivity contribution in [1.82, 2.24) is 14.2 Å². The quantitative estimate of drug-likeness (QED) is 0.201. The number of nitrogens with zero attached hydrogens (tertiary/aromatic N) is 4. The molecule has 6 rings (SSSR count). The van der Waals surface area contributed by atoms with Gasteiger partial charge in [0.2, 0.25) is 0 Å². The second-order valence-electron chi connectivity index (χ2n) is 10.9. The predicted octanol–water partition coefficient (Wildman–Crippen LogP) is 7.80. The van der Waals surface area contributed by atoms with Crippen LogP contribution in [0.1, 0.15) is 43.4 Å². The fourth-order valence-corrected chi connectivity index (χ4v) is 5.64. The molecular weight excluding hydrogens is 548 g/mol. The summed E-state index contributed by atoms with van der Waals surface area (Å²) in [5.74, 6) is 0.621. The van der Waals surface area contributed by atoms with Gasteiger partial charge in [0, 0.05) is 38.6 Å². The molecule has 0 N–H and O–H groups in total. The molecule has 0 saturated heterocycles. The molecule has 6 heteroatoms. The molecule has 0 spiro atoms. The minimum Gasteiger partial charge on any atom is -0.340 e. The molecule has 0 bridgehead atoms. The van der Waals surface area contributed by atoms with Crippen LogP contribution in [-0.4, -0.2) is 20.4 Å². The van der Waals surface area contributed by atoms with E-state index in [0.29, 0.717) is 16.7 Å². The topological polar surface area (TPSA) is 52.2 Å². The summed E-state index contributed by atoms with van der Waals surface area (Å²) in [6.07, 6.45) is 1.82. The Labute approximate surface area is 235 Å². The maximum Gasteiger partial charge on any atom is 0.282 e. The monoisotopic (exact) mass is 576 g/mol. The normalized spacial score (nSPS) is 12.3. The van der Waals surface area contributed by atoms with Gasteiger partial charge in [-0.1, -0.05) is 97.4 Å². The molecule has 0 atom stereocenters. The smallest absolute Gasteiger partial charge is 0.282 e. The first kappa shape index (κ1) is 25.3. The van der Waals surface area contributed by atoms with Gasteiger partial charge < -0.3 is 4.57 Å². The first-order chi connectivity index (χ1) is 18.7. The fourth-order valence-electron chi connectivity index (χ4n) is 5.28. The van der Waals surface area contributed by atoms with E-state index in [1.165, 1.54) is 21.0 Å². The summed E-state index contributed by atoms with van der Waals surface area (Å²) in [5, 5.41) is 8.91. The molecule has 6 aromatic rings. The molecule has 0 saturated carbocycles. The third-order valence-electron chi connectivity index (χ3n) is 7.27. The molecular formula is C33H29BrN4O. The molecule has 0 aliphatic rings. The van der Waals surface area contributed by atoms with Crippen LogP contribution in [0.15, 0.2) is 99.3 Å². The van der Waals surface area contributed by atoms with Crippen molar-refractivity contribution >= 4 is 54.7 Å². The van der Waals surface area contributed by atoms with Crippen LogP contribution in [0.3, 0.4) is 0 Å². The number of hydrogen-bond donors (Lipinski definition) is 0. The Hall–Kier alpha value is -4.03. The van der Waals surface area contributed by atoms with Crippen LogP contribution in [-0.2, 0) is 12.0 Å². The summed E-state index contributed by atoms with van der Waals surface area (Å²) < 4.78 is 4.63. The SMILES string of the molecule is Cc1c(C=Nn2c(C(C)(C)C)nc3ccc(Br)cc3c2=O)c2ccccc2n1Cc1cccc2ccccc12. The summed E-state index contributed by atoms with van der Waals surface area (Å²) in [6.45, 7) is 9.00. The van der Waals surface area contributed by atoms with Gasteiger partial charge >= 0.3 is 0 Å². The molecule has 4 aromatic carbocycles. The van der Waals surface area contributed by atoms with Crippen LogP contribution in [0.5, 0.6) is 0 Å². The second-order valence-corrected chi connectivity index (χ2v) is 11.9. The van der Waals surface area contributed by atoms with Gasteiger partial charge in [-0.15, -0.1) is 0 Å². The van der Waals surface area contributed by atoms with Gasteiger partial charge in [-0.2, -0.15) is 9.78 Å². The lowest BCUT2D eigenvalue weighted by atomic mass is 9.95. The lowest BCUT2D eigenvalue weighted by Gasteiger charge is -2.20. The van der Waals surface area contributed by atoms with E-state index in [9.17, 15) is 4.79 Å². The van der Waals surface area contributed by atoms with Crippen molar-refractivity contribution < 1.29 is 0 Å². The van der Waals surface area contributed by atoms with E-state index in [2.05, 4.69) is 88.1 Å². The summed E-state index contributed by atoms with van der Waals surface area (Å²) in [4.78, 5) is 18.5. The van der Waals surface area contributed by atoms with Gasteiger partial charge in [-0.25, -0.2) is 4.98 Å². The van der Waals surface area contributed by atoms with E-state index in [-0.39, 0.29) is 11.0 Å². The largest absolute Gasteiger partial charge is 0.340 e. The van der Waals surface area contributed by atoms with Crippen LogP contribution in [0.4, 0.5) is 0 Å². The lowest BCUT2D eigenvalue weighted by Crippen LogP contribution is -2.29.